The minimum atomic E-state index is -1.30. The van der Waals surface area contributed by atoms with Crippen molar-refractivity contribution in [2.75, 3.05) is 0 Å². The maximum atomic E-state index is 13.1. The summed E-state index contributed by atoms with van der Waals surface area (Å²) < 4.78 is 0. The van der Waals surface area contributed by atoms with Crippen LogP contribution in [0.5, 0.6) is 5.75 Å². The number of nitrogens with one attached hydrogen (secondary N) is 2. The number of rotatable bonds is 14. The monoisotopic (exact) mass is 520 g/mol. The molecule has 0 unspecified atom stereocenters. The largest absolute Gasteiger partial charge is 0.508 e. The average molecular weight is 521 g/mol. The minimum Gasteiger partial charge on any atom is -0.508 e. The molecular formula is C25H36N4O8. The molecule has 12 nitrogen and oxygen atoms in total. The van der Waals surface area contributed by atoms with Gasteiger partial charge in [0.2, 0.25) is 17.7 Å². The summed E-state index contributed by atoms with van der Waals surface area (Å²) in [5.74, 6) is -4.50. The van der Waals surface area contributed by atoms with E-state index in [0.717, 1.165) is 6.92 Å². The molecule has 0 saturated heterocycles. The molecule has 0 aromatic heterocycles. The summed E-state index contributed by atoms with van der Waals surface area (Å²) in [4.78, 5) is 73.8. The molecule has 0 saturated carbocycles. The first kappa shape index (κ1) is 31.2. The fourth-order valence-electron chi connectivity index (χ4n) is 3.70. The van der Waals surface area contributed by atoms with E-state index in [2.05, 4.69) is 10.6 Å². The maximum Gasteiger partial charge on any atom is 0.305 e. The highest BCUT2D eigenvalue weighted by Gasteiger charge is 2.35. The van der Waals surface area contributed by atoms with Crippen molar-refractivity contribution < 1.29 is 39.0 Å². The van der Waals surface area contributed by atoms with Gasteiger partial charge in [-0.15, -0.1) is 0 Å². The van der Waals surface area contributed by atoms with Crippen LogP contribution in [0.2, 0.25) is 0 Å². The van der Waals surface area contributed by atoms with Crippen LogP contribution in [-0.2, 0) is 35.2 Å². The minimum absolute atomic E-state index is 0.0720. The number of carbonyl (C=O) groups excluding carboxylic acids is 5. The summed E-state index contributed by atoms with van der Waals surface area (Å²) in [5, 5.41) is 23.6. The molecule has 1 rings (SSSR count). The van der Waals surface area contributed by atoms with Crippen LogP contribution >= 0.6 is 0 Å². The maximum absolute atomic E-state index is 13.1. The van der Waals surface area contributed by atoms with E-state index in [1.807, 2.05) is 6.92 Å². The van der Waals surface area contributed by atoms with Crippen LogP contribution in [0.25, 0.3) is 0 Å². The molecule has 0 bridgehead atoms. The lowest BCUT2D eigenvalue weighted by Gasteiger charge is -2.31. The van der Waals surface area contributed by atoms with E-state index in [4.69, 9.17) is 10.8 Å². The number of imide groups is 1. The summed E-state index contributed by atoms with van der Waals surface area (Å²) in [7, 11) is 0. The van der Waals surface area contributed by atoms with Gasteiger partial charge in [0.05, 0.1) is 18.5 Å². The van der Waals surface area contributed by atoms with Gasteiger partial charge in [-0.2, -0.15) is 0 Å². The quantitative estimate of drug-likeness (QED) is 0.211. The van der Waals surface area contributed by atoms with E-state index < -0.39 is 60.2 Å². The number of phenolic OH excluding ortho intramolecular Hbond substituents is 1. The number of nitrogens with zero attached hydrogens (tertiary/aromatic N) is 1. The molecule has 1 aromatic rings. The molecule has 0 aliphatic rings. The van der Waals surface area contributed by atoms with Gasteiger partial charge in [-0.05, 0) is 37.0 Å². The molecule has 0 spiro atoms. The molecule has 0 fully saturated rings. The zero-order chi connectivity index (χ0) is 28.3. The predicted octanol–water partition coefficient (Wildman–Crippen LogP) is 0.105. The number of carboxylic acids is 1. The van der Waals surface area contributed by atoms with Crippen molar-refractivity contribution in [3.05, 3.63) is 29.8 Å². The Balaban J connectivity index is 2.98. The second-order valence-electron chi connectivity index (χ2n) is 8.96. The lowest BCUT2D eigenvalue weighted by Crippen LogP contribution is -2.58. The van der Waals surface area contributed by atoms with Gasteiger partial charge in [0.15, 0.2) is 0 Å². The topological polar surface area (TPSA) is 196 Å². The highest BCUT2D eigenvalue weighted by atomic mass is 16.4. The molecule has 4 amide bonds. The van der Waals surface area contributed by atoms with Crippen molar-refractivity contribution in [3.63, 3.8) is 0 Å². The Hall–Kier alpha value is -3.80. The lowest BCUT2D eigenvalue weighted by molar-refractivity contribution is -0.150. The molecule has 1 aromatic carbocycles. The van der Waals surface area contributed by atoms with Crippen LogP contribution in [0, 0.1) is 5.92 Å². The summed E-state index contributed by atoms with van der Waals surface area (Å²) in [6, 6.07) is 1.68. The Morgan fingerprint density at radius 2 is 1.65 bits per heavy atom. The number of nitrogens with two attached hydrogens (primary N) is 1. The normalized spacial score (nSPS) is 14.8. The standard InChI is InChI=1S/C25H36N4O8/c1-5-14(2)22(28-23(35)20(26)12-17-6-8-19(32)9-7-17)24(36)27-15(3)25(37)29(16(4)31)18(10-11-30)13-21(33)34/h6-9,11,14-15,18,20,22,32H,5,10,12-13,26H2,1-4H3,(H,27,36)(H,28,35)(H,33,34)/t14-,15-,18+,20-,22-/m0/s1. The van der Waals surface area contributed by atoms with Crippen LogP contribution in [0.4, 0.5) is 0 Å². The van der Waals surface area contributed by atoms with Gasteiger partial charge in [0.25, 0.3) is 5.91 Å². The van der Waals surface area contributed by atoms with E-state index in [0.29, 0.717) is 23.2 Å². The van der Waals surface area contributed by atoms with Gasteiger partial charge < -0.3 is 31.4 Å². The second-order valence-corrected chi connectivity index (χ2v) is 8.96. The molecule has 12 heteroatoms. The van der Waals surface area contributed by atoms with Crippen molar-refractivity contribution in [2.45, 2.75) is 77.5 Å². The zero-order valence-electron chi connectivity index (χ0n) is 21.5. The third-order valence-electron chi connectivity index (χ3n) is 5.97. The molecule has 0 heterocycles. The van der Waals surface area contributed by atoms with Gasteiger partial charge in [-0.3, -0.25) is 28.9 Å². The number of carbonyl (C=O) groups is 6. The van der Waals surface area contributed by atoms with E-state index in [9.17, 15) is 33.9 Å². The SMILES string of the molecule is CC[C@H](C)[C@H](NC(=O)[C@@H](N)Cc1ccc(O)cc1)C(=O)N[C@@H](C)C(=O)N(C(C)=O)[C@H](CC=O)CC(=O)O. The molecule has 0 aliphatic heterocycles. The van der Waals surface area contributed by atoms with Crippen LogP contribution in [-0.4, -0.2) is 75.2 Å². The Morgan fingerprint density at radius 3 is 2.14 bits per heavy atom. The van der Waals surface area contributed by atoms with Gasteiger partial charge in [0.1, 0.15) is 24.1 Å². The smallest absolute Gasteiger partial charge is 0.305 e. The zero-order valence-corrected chi connectivity index (χ0v) is 21.5. The molecule has 5 atom stereocenters. The van der Waals surface area contributed by atoms with Gasteiger partial charge in [0, 0.05) is 13.3 Å². The Morgan fingerprint density at radius 1 is 1.05 bits per heavy atom. The number of hydrogen-bond donors (Lipinski definition) is 5. The Kier molecular flexibility index (Phi) is 12.4. The number of aromatic hydroxyl groups is 1. The number of carboxylic acid groups (broad SMARTS) is 1. The molecule has 6 N–H and O–H groups in total. The Bertz CT molecular complexity index is 981. The fourth-order valence-corrected chi connectivity index (χ4v) is 3.70. The first-order chi connectivity index (χ1) is 17.3. The number of amides is 4. The summed E-state index contributed by atoms with van der Waals surface area (Å²) in [6.45, 7) is 5.93. The predicted molar refractivity (Wildman–Crippen MR) is 133 cm³/mol. The number of benzene rings is 1. The molecular weight excluding hydrogens is 484 g/mol. The third kappa shape index (κ3) is 9.64. The molecule has 37 heavy (non-hydrogen) atoms. The molecule has 204 valence electrons. The van der Waals surface area contributed by atoms with Crippen LogP contribution in [0.3, 0.4) is 0 Å². The van der Waals surface area contributed by atoms with Crippen molar-refractivity contribution in [2.24, 2.45) is 11.7 Å². The van der Waals surface area contributed by atoms with Crippen molar-refractivity contribution in [1.82, 2.24) is 15.5 Å². The highest BCUT2D eigenvalue weighted by molar-refractivity contribution is 6.00. The van der Waals surface area contributed by atoms with Crippen LogP contribution < -0.4 is 16.4 Å². The first-order valence-corrected chi connectivity index (χ1v) is 12.0. The molecule has 0 aliphatic carbocycles. The Labute approximate surface area is 215 Å². The highest BCUT2D eigenvalue weighted by Crippen LogP contribution is 2.14. The van der Waals surface area contributed by atoms with Crippen molar-refractivity contribution >= 4 is 35.9 Å². The van der Waals surface area contributed by atoms with Crippen molar-refractivity contribution in [1.29, 1.82) is 0 Å². The number of aliphatic carboxylic acids is 1. The average Bonchev–Trinajstić information content (AvgIpc) is 2.82. The second kappa shape index (κ2) is 14.7. The number of hydrogen-bond acceptors (Lipinski definition) is 8. The van der Waals surface area contributed by atoms with Gasteiger partial charge in [-0.25, -0.2) is 0 Å². The van der Waals surface area contributed by atoms with Crippen LogP contribution in [0.1, 0.15) is 52.5 Å². The summed E-state index contributed by atoms with van der Waals surface area (Å²) in [5.41, 5.74) is 6.73. The summed E-state index contributed by atoms with van der Waals surface area (Å²) >= 11 is 0. The summed E-state index contributed by atoms with van der Waals surface area (Å²) in [6.07, 6.45) is 0.0759. The fraction of sp³-hybridized carbons (Fsp3) is 0.520. The number of phenols is 1. The number of aldehydes is 1. The molecule has 0 radical (unpaired) electrons. The van der Waals surface area contributed by atoms with E-state index in [1.165, 1.54) is 19.1 Å². The first-order valence-electron chi connectivity index (χ1n) is 12.0. The van der Waals surface area contributed by atoms with Gasteiger partial charge in [-0.1, -0.05) is 32.4 Å². The lowest BCUT2D eigenvalue weighted by atomic mass is 9.97. The van der Waals surface area contributed by atoms with E-state index in [1.54, 1.807) is 19.1 Å². The van der Waals surface area contributed by atoms with Crippen LogP contribution in [0.15, 0.2) is 24.3 Å². The van der Waals surface area contributed by atoms with E-state index >= 15 is 0 Å². The van der Waals surface area contributed by atoms with E-state index in [-0.39, 0.29) is 24.5 Å². The van der Waals surface area contributed by atoms with Gasteiger partial charge >= 0.3 is 5.97 Å². The third-order valence-corrected chi connectivity index (χ3v) is 5.97. The van der Waals surface area contributed by atoms with Crippen molar-refractivity contribution in [3.8, 4) is 5.75 Å².